The maximum Gasteiger partial charge on any atom is 0.226 e. The molecule has 2 heterocycles. The van der Waals surface area contributed by atoms with Gasteiger partial charge >= 0.3 is 0 Å². The fourth-order valence-corrected chi connectivity index (χ4v) is 3.45. The Balaban J connectivity index is 1.37. The average Bonchev–Trinajstić information content (AvgIpc) is 3.32. The molecular formula is C20H19FN2O3S. The van der Waals surface area contributed by atoms with Crippen LogP contribution in [-0.4, -0.2) is 23.7 Å². The minimum absolute atomic E-state index is 0.00980. The zero-order valence-electron chi connectivity index (χ0n) is 14.6. The Kier molecular flexibility index (Phi) is 6.49. The number of benzene rings is 1. The molecule has 1 N–H and O–H groups in total. The van der Waals surface area contributed by atoms with Gasteiger partial charge in [-0.1, -0.05) is 0 Å². The molecule has 140 valence electrons. The van der Waals surface area contributed by atoms with Gasteiger partial charge in [0.25, 0.3) is 0 Å². The summed E-state index contributed by atoms with van der Waals surface area (Å²) >= 11 is 1.46. The largest absolute Gasteiger partial charge is 0.444 e. The monoisotopic (exact) mass is 386 g/mol. The van der Waals surface area contributed by atoms with Gasteiger partial charge in [0, 0.05) is 29.8 Å². The topological polar surface area (TPSA) is 72.2 Å². The summed E-state index contributed by atoms with van der Waals surface area (Å²) < 4.78 is 18.4. The number of amides is 1. The lowest BCUT2D eigenvalue weighted by molar-refractivity contribution is -0.121. The fourth-order valence-electron chi connectivity index (χ4n) is 2.58. The Bertz CT molecular complexity index is 902. The van der Waals surface area contributed by atoms with Crippen molar-refractivity contribution in [2.45, 2.75) is 25.7 Å². The van der Waals surface area contributed by atoms with Crippen LogP contribution in [-0.2, 0) is 17.6 Å². The standard InChI is InChI=1S/C20H19FN2O3S/c21-15-6-4-14(5-7-15)20-23-16(13-26-20)10-11-22-19(25)3-1-2-17-8-9-18(12-24)27-17/h4-9,12-13H,1-3,10-11H2,(H,22,25). The van der Waals surface area contributed by atoms with Gasteiger partial charge in [-0.25, -0.2) is 9.37 Å². The summed E-state index contributed by atoms with van der Waals surface area (Å²) in [6.45, 7) is 0.475. The van der Waals surface area contributed by atoms with Crippen molar-refractivity contribution in [3.63, 3.8) is 0 Å². The van der Waals surface area contributed by atoms with Crippen LogP contribution in [0.15, 0.2) is 47.1 Å². The number of nitrogens with one attached hydrogen (secondary N) is 1. The molecule has 0 atom stereocenters. The molecule has 0 saturated carbocycles. The van der Waals surface area contributed by atoms with Crippen LogP contribution < -0.4 is 5.32 Å². The SMILES string of the molecule is O=Cc1ccc(CCCC(=O)NCCc2coc(-c3ccc(F)cc3)n2)s1. The van der Waals surface area contributed by atoms with Gasteiger partial charge in [-0.15, -0.1) is 11.3 Å². The Hall–Kier alpha value is -2.80. The third kappa shape index (κ3) is 5.59. The van der Waals surface area contributed by atoms with E-state index in [-0.39, 0.29) is 11.7 Å². The number of oxazole rings is 1. The highest BCUT2D eigenvalue weighted by Gasteiger charge is 2.08. The van der Waals surface area contributed by atoms with Crippen molar-refractivity contribution in [3.8, 4) is 11.5 Å². The van der Waals surface area contributed by atoms with E-state index in [4.69, 9.17) is 4.42 Å². The minimum Gasteiger partial charge on any atom is -0.444 e. The molecule has 0 aliphatic carbocycles. The molecule has 0 bridgehead atoms. The van der Waals surface area contributed by atoms with Crippen molar-refractivity contribution in [2.75, 3.05) is 6.54 Å². The summed E-state index contributed by atoms with van der Waals surface area (Å²) in [5, 5.41) is 2.87. The van der Waals surface area contributed by atoms with Gasteiger partial charge in [0.05, 0.1) is 10.6 Å². The van der Waals surface area contributed by atoms with Crippen LogP contribution in [0.25, 0.3) is 11.5 Å². The smallest absolute Gasteiger partial charge is 0.226 e. The highest BCUT2D eigenvalue weighted by molar-refractivity contribution is 7.13. The molecule has 0 saturated heterocycles. The maximum atomic E-state index is 12.9. The first-order valence-electron chi connectivity index (χ1n) is 8.65. The molecule has 0 aliphatic heterocycles. The fraction of sp³-hybridized carbons (Fsp3) is 0.250. The van der Waals surface area contributed by atoms with Gasteiger partial charge in [0.1, 0.15) is 12.1 Å². The Morgan fingerprint density at radius 3 is 2.74 bits per heavy atom. The van der Waals surface area contributed by atoms with Crippen LogP contribution in [0.2, 0.25) is 0 Å². The van der Waals surface area contributed by atoms with E-state index in [2.05, 4.69) is 10.3 Å². The lowest BCUT2D eigenvalue weighted by atomic mass is 10.2. The number of nitrogens with zero attached hydrogens (tertiary/aromatic N) is 1. The second kappa shape index (κ2) is 9.23. The van der Waals surface area contributed by atoms with Crippen LogP contribution in [0.4, 0.5) is 4.39 Å². The molecule has 0 unspecified atom stereocenters. The highest BCUT2D eigenvalue weighted by Crippen LogP contribution is 2.19. The number of thiophene rings is 1. The van der Waals surface area contributed by atoms with Crippen LogP contribution in [0, 0.1) is 5.82 Å². The number of rotatable bonds is 9. The van der Waals surface area contributed by atoms with Gasteiger partial charge < -0.3 is 9.73 Å². The predicted octanol–water partition coefficient (Wildman–Crippen LogP) is 4.04. The third-order valence-corrected chi connectivity index (χ3v) is 5.04. The average molecular weight is 386 g/mol. The van der Waals surface area contributed by atoms with Crippen LogP contribution >= 0.6 is 11.3 Å². The molecule has 0 fully saturated rings. The zero-order valence-corrected chi connectivity index (χ0v) is 15.4. The van der Waals surface area contributed by atoms with Crippen LogP contribution in [0.3, 0.4) is 0 Å². The molecule has 5 nitrogen and oxygen atoms in total. The molecule has 2 aromatic heterocycles. The van der Waals surface area contributed by atoms with E-state index in [1.165, 1.54) is 23.5 Å². The number of carbonyl (C=O) groups excluding carboxylic acids is 2. The number of carbonyl (C=O) groups is 2. The summed E-state index contributed by atoms with van der Waals surface area (Å²) in [4.78, 5) is 28.7. The van der Waals surface area contributed by atoms with Gasteiger partial charge in [0.15, 0.2) is 6.29 Å². The molecule has 3 aromatic rings. The quantitative estimate of drug-likeness (QED) is 0.564. The number of hydrogen-bond acceptors (Lipinski definition) is 5. The first-order chi connectivity index (χ1) is 13.1. The number of hydrogen-bond donors (Lipinski definition) is 1. The number of halogens is 1. The molecule has 27 heavy (non-hydrogen) atoms. The Labute approximate surface area is 160 Å². The first-order valence-corrected chi connectivity index (χ1v) is 9.46. The van der Waals surface area contributed by atoms with Crippen molar-refractivity contribution in [2.24, 2.45) is 0 Å². The van der Waals surface area contributed by atoms with Gasteiger partial charge in [-0.05, 0) is 49.2 Å². The molecular weight excluding hydrogens is 367 g/mol. The van der Waals surface area contributed by atoms with Gasteiger partial charge in [-0.2, -0.15) is 0 Å². The summed E-state index contributed by atoms with van der Waals surface area (Å²) in [5.41, 5.74) is 1.44. The van der Waals surface area contributed by atoms with Crippen molar-refractivity contribution >= 4 is 23.5 Å². The molecule has 1 amide bonds. The van der Waals surface area contributed by atoms with Gasteiger partial charge in [0.2, 0.25) is 11.8 Å². The van der Waals surface area contributed by atoms with Crippen molar-refractivity contribution in [1.29, 1.82) is 0 Å². The zero-order chi connectivity index (χ0) is 19.1. The third-order valence-electron chi connectivity index (χ3n) is 3.97. The molecule has 1 aromatic carbocycles. The van der Waals surface area contributed by atoms with E-state index < -0.39 is 0 Å². The molecule has 0 radical (unpaired) electrons. The number of aryl methyl sites for hydroxylation is 1. The summed E-state index contributed by atoms with van der Waals surface area (Å²) in [5.74, 6) is 0.114. The summed E-state index contributed by atoms with van der Waals surface area (Å²) in [6.07, 6.45) is 4.91. The highest BCUT2D eigenvalue weighted by atomic mass is 32.1. The van der Waals surface area contributed by atoms with E-state index in [0.29, 0.717) is 35.7 Å². The van der Waals surface area contributed by atoms with Gasteiger partial charge in [-0.3, -0.25) is 9.59 Å². The van der Waals surface area contributed by atoms with E-state index in [9.17, 15) is 14.0 Å². The molecule has 0 aliphatic rings. The Morgan fingerprint density at radius 1 is 1.19 bits per heavy atom. The van der Waals surface area contributed by atoms with Crippen molar-refractivity contribution in [3.05, 3.63) is 63.9 Å². The predicted molar refractivity (Wildman–Crippen MR) is 101 cm³/mol. The molecule has 7 heteroatoms. The maximum absolute atomic E-state index is 12.9. The van der Waals surface area contributed by atoms with Crippen LogP contribution in [0.5, 0.6) is 0 Å². The minimum atomic E-state index is -0.309. The van der Waals surface area contributed by atoms with E-state index in [0.717, 1.165) is 29.7 Å². The van der Waals surface area contributed by atoms with Crippen molar-refractivity contribution < 1.29 is 18.4 Å². The number of aromatic nitrogens is 1. The lowest BCUT2D eigenvalue weighted by Crippen LogP contribution is -2.25. The van der Waals surface area contributed by atoms with Crippen molar-refractivity contribution in [1.82, 2.24) is 10.3 Å². The molecule has 3 rings (SSSR count). The lowest BCUT2D eigenvalue weighted by Gasteiger charge is -2.03. The van der Waals surface area contributed by atoms with E-state index in [1.807, 2.05) is 6.07 Å². The van der Waals surface area contributed by atoms with E-state index in [1.54, 1.807) is 24.5 Å². The first kappa shape index (κ1) is 19.0. The summed E-state index contributed by atoms with van der Waals surface area (Å²) in [6, 6.07) is 9.66. The second-order valence-corrected chi connectivity index (χ2v) is 7.23. The Morgan fingerprint density at radius 2 is 2.00 bits per heavy atom. The normalized spacial score (nSPS) is 10.7. The number of aldehydes is 1. The van der Waals surface area contributed by atoms with E-state index >= 15 is 0 Å². The molecule has 0 spiro atoms. The second-order valence-electron chi connectivity index (χ2n) is 6.03. The van der Waals surface area contributed by atoms with Crippen LogP contribution in [0.1, 0.15) is 33.1 Å². The summed E-state index contributed by atoms with van der Waals surface area (Å²) in [7, 11) is 0.